The van der Waals surface area contributed by atoms with Gasteiger partial charge in [0.05, 0.1) is 0 Å². The molecule has 0 aromatic heterocycles. The van der Waals surface area contributed by atoms with E-state index in [1.54, 1.807) is 11.8 Å². The van der Waals surface area contributed by atoms with Gasteiger partial charge in [0.25, 0.3) is 0 Å². The quantitative estimate of drug-likeness (QED) is 0.822. The van der Waals surface area contributed by atoms with Crippen LogP contribution in [-0.2, 0) is 9.59 Å². The third-order valence-corrected chi connectivity index (χ3v) is 3.67. The van der Waals surface area contributed by atoms with Crippen molar-refractivity contribution in [1.82, 2.24) is 10.2 Å². The maximum Gasteiger partial charge on any atom is 0.245 e. The van der Waals surface area contributed by atoms with Gasteiger partial charge in [0.15, 0.2) is 0 Å². The molecule has 0 bridgehead atoms. The first-order valence-electron chi connectivity index (χ1n) is 6.06. The van der Waals surface area contributed by atoms with Gasteiger partial charge < -0.3 is 10.2 Å². The minimum absolute atomic E-state index is 0.00148. The molecule has 0 spiro atoms. The molecule has 2 unspecified atom stereocenters. The Morgan fingerprint density at radius 1 is 1.47 bits per heavy atom. The standard InChI is InChI=1S/C12H22N2O2S/c1-8(2)11-12(16)14(5-6-17-4)9(3)7-10(15)13-11/h8-9,11H,5-7H2,1-4H3,(H,13,15). The summed E-state index contributed by atoms with van der Waals surface area (Å²) in [7, 11) is 0. The third kappa shape index (κ3) is 3.63. The van der Waals surface area contributed by atoms with Crippen LogP contribution >= 0.6 is 11.8 Å². The third-order valence-electron chi connectivity index (χ3n) is 3.08. The Balaban J connectivity index is 2.84. The monoisotopic (exact) mass is 258 g/mol. The first-order chi connectivity index (χ1) is 7.97. The summed E-state index contributed by atoms with van der Waals surface area (Å²) >= 11 is 1.72. The van der Waals surface area contributed by atoms with E-state index >= 15 is 0 Å². The van der Waals surface area contributed by atoms with Crippen molar-refractivity contribution in [2.75, 3.05) is 18.6 Å². The van der Waals surface area contributed by atoms with Gasteiger partial charge in [0, 0.05) is 24.8 Å². The fourth-order valence-electron chi connectivity index (χ4n) is 2.04. The van der Waals surface area contributed by atoms with Gasteiger partial charge >= 0.3 is 0 Å². The SMILES string of the molecule is CSCCN1C(=O)C(C(C)C)NC(=O)CC1C. The van der Waals surface area contributed by atoms with Crippen LogP contribution in [-0.4, -0.2) is 47.4 Å². The van der Waals surface area contributed by atoms with Gasteiger partial charge in [-0.15, -0.1) is 0 Å². The maximum absolute atomic E-state index is 12.4. The van der Waals surface area contributed by atoms with Crippen LogP contribution in [0, 0.1) is 5.92 Å². The van der Waals surface area contributed by atoms with Gasteiger partial charge in [0.1, 0.15) is 6.04 Å². The summed E-state index contributed by atoms with van der Waals surface area (Å²) in [6.45, 7) is 6.59. The summed E-state index contributed by atoms with van der Waals surface area (Å²) < 4.78 is 0. The molecular weight excluding hydrogens is 236 g/mol. The highest BCUT2D eigenvalue weighted by Crippen LogP contribution is 2.16. The highest BCUT2D eigenvalue weighted by molar-refractivity contribution is 7.98. The van der Waals surface area contributed by atoms with Crippen molar-refractivity contribution < 1.29 is 9.59 Å². The lowest BCUT2D eigenvalue weighted by atomic mass is 10.0. The summed E-state index contributed by atoms with van der Waals surface area (Å²) in [6.07, 6.45) is 2.43. The molecule has 0 saturated carbocycles. The molecule has 0 aromatic rings. The average molecular weight is 258 g/mol. The van der Waals surface area contributed by atoms with Gasteiger partial charge in [-0.1, -0.05) is 13.8 Å². The van der Waals surface area contributed by atoms with Crippen LogP contribution in [0.1, 0.15) is 27.2 Å². The number of carbonyl (C=O) groups excluding carboxylic acids is 2. The van der Waals surface area contributed by atoms with Crippen molar-refractivity contribution in [1.29, 1.82) is 0 Å². The number of nitrogens with zero attached hydrogens (tertiary/aromatic N) is 1. The van der Waals surface area contributed by atoms with E-state index in [4.69, 9.17) is 0 Å². The maximum atomic E-state index is 12.4. The molecule has 5 heteroatoms. The zero-order valence-corrected chi connectivity index (χ0v) is 11.8. The highest BCUT2D eigenvalue weighted by atomic mass is 32.2. The van der Waals surface area contributed by atoms with Crippen molar-refractivity contribution in [2.45, 2.75) is 39.3 Å². The highest BCUT2D eigenvalue weighted by Gasteiger charge is 2.34. The number of rotatable bonds is 4. The Hall–Kier alpha value is -0.710. The normalized spacial score (nSPS) is 26.1. The Morgan fingerprint density at radius 2 is 2.12 bits per heavy atom. The number of thioether (sulfide) groups is 1. The van der Waals surface area contributed by atoms with Crippen LogP contribution in [0.2, 0.25) is 0 Å². The molecule has 1 fully saturated rings. The topological polar surface area (TPSA) is 49.4 Å². The van der Waals surface area contributed by atoms with Crippen LogP contribution in [0.5, 0.6) is 0 Å². The lowest BCUT2D eigenvalue weighted by molar-refractivity contribution is -0.135. The number of hydrogen-bond donors (Lipinski definition) is 1. The minimum Gasteiger partial charge on any atom is -0.344 e. The fraction of sp³-hybridized carbons (Fsp3) is 0.833. The van der Waals surface area contributed by atoms with Gasteiger partial charge in [-0.25, -0.2) is 0 Å². The van der Waals surface area contributed by atoms with E-state index < -0.39 is 0 Å². The largest absolute Gasteiger partial charge is 0.344 e. The number of carbonyl (C=O) groups is 2. The van der Waals surface area contributed by atoms with E-state index in [1.807, 2.05) is 31.9 Å². The molecule has 1 aliphatic rings. The van der Waals surface area contributed by atoms with Crippen molar-refractivity contribution in [3.8, 4) is 0 Å². The van der Waals surface area contributed by atoms with E-state index in [1.165, 1.54) is 0 Å². The summed E-state index contributed by atoms with van der Waals surface area (Å²) in [6, 6.07) is -0.368. The van der Waals surface area contributed by atoms with Crippen molar-refractivity contribution in [3.63, 3.8) is 0 Å². The predicted molar refractivity (Wildman–Crippen MR) is 70.9 cm³/mol. The molecule has 2 atom stereocenters. The fourth-order valence-corrected chi connectivity index (χ4v) is 2.42. The molecule has 4 nitrogen and oxygen atoms in total. The molecule has 1 heterocycles. The lowest BCUT2D eigenvalue weighted by Crippen LogP contribution is -2.49. The van der Waals surface area contributed by atoms with Crippen LogP contribution in [0.3, 0.4) is 0 Å². The zero-order valence-electron chi connectivity index (χ0n) is 11.0. The van der Waals surface area contributed by atoms with Crippen LogP contribution in [0.15, 0.2) is 0 Å². The van der Waals surface area contributed by atoms with Crippen LogP contribution < -0.4 is 5.32 Å². The second kappa shape index (κ2) is 6.28. The smallest absolute Gasteiger partial charge is 0.245 e. The molecule has 2 amide bonds. The summed E-state index contributed by atoms with van der Waals surface area (Å²) in [5, 5.41) is 2.83. The molecular formula is C12H22N2O2S. The Kier molecular flexibility index (Phi) is 5.31. The Morgan fingerprint density at radius 3 is 2.65 bits per heavy atom. The van der Waals surface area contributed by atoms with E-state index in [0.29, 0.717) is 6.42 Å². The molecule has 17 heavy (non-hydrogen) atoms. The molecule has 1 N–H and O–H groups in total. The molecule has 0 aromatic carbocycles. The summed E-state index contributed by atoms with van der Waals surface area (Å²) in [4.78, 5) is 25.9. The summed E-state index contributed by atoms with van der Waals surface area (Å²) in [5.41, 5.74) is 0. The van der Waals surface area contributed by atoms with E-state index in [-0.39, 0.29) is 29.8 Å². The van der Waals surface area contributed by atoms with E-state index in [2.05, 4.69) is 5.32 Å². The second-order valence-electron chi connectivity index (χ2n) is 4.87. The van der Waals surface area contributed by atoms with E-state index in [0.717, 1.165) is 12.3 Å². The van der Waals surface area contributed by atoms with Crippen molar-refractivity contribution >= 4 is 23.6 Å². The molecule has 0 radical (unpaired) electrons. The van der Waals surface area contributed by atoms with Gasteiger partial charge in [-0.05, 0) is 19.1 Å². The molecule has 0 aliphatic carbocycles. The van der Waals surface area contributed by atoms with Crippen molar-refractivity contribution in [2.24, 2.45) is 5.92 Å². The molecule has 1 aliphatic heterocycles. The summed E-state index contributed by atoms with van der Waals surface area (Å²) in [5.74, 6) is 1.09. The number of amides is 2. The van der Waals surface area contributed by atoms with Crippen molar-refractivity contribution in [3.05, 3.63) is 0 Å². The van der Waals surface area contributed by atoms with E-state index in [9.17, 15) is 9.59 Å². The zero-order chi connectivity index (χ0) is 13.0. The van der Waals surface area contributed by atoms with Gasteiger partial charge in [-0.2, -0.15) is 11.8 Å². The average Bonchev–Trinajstić information content (AvgIpc) is 2.34. The second-order valence-corrected chi connectivity index (χ2v) is 5.85. The minimum atomic E-state index is -0.366. The first kappa shape index (κ1) is 14.4. The van der Waals surface area contributed by atoms with Gasteiger partial charge in [0.2, 0.25) is 11.8 Å². The molecule has 98 valence electrons. The molecule has 1 rings (SSSR count). The lowest BCUT2D eigenvalue weighted by Gasteiger charge is -2.29. The Bertz CT molecular complexity index is 294. The van der Waals surface area contributed by atoms with Gasteiger partial charge in [-0.3, -0.25) is 9.59 Å². The first-order valence-corrected chi connectivity index (χ1v) is 7.45. The Labute approximate surface area is 108 Å². The number of nitrogens with one attached hydrogen (secondary N) is 1. The number of hydrogen-bond acceptors (Lipinski definition) is 3. The van der Waals surface area contributed by atoms with Crippen LogP contribution in [0.25, 0.3) is 0 Å². The van der Waals surface area contributed by atoms with Crippen LogP contribution in [0.4, 0.5) is 0 Å². The predicted octanol–water partition coefficient (Wildman–Crippen LogP) is 1.11. The molecule has 1 saturated heterocycles.